The van der Waals surface area contributed by atoms with Gasteiger partial charge in [0.1, 0.15) is 5.75 Å². The minimum atomic E-state index is -0.400. The highest BCUT2D eigenvalue weighted by Gasteiger charge is 2.07. The number of benzene rings is 3. The van der Waals surface area contributed by atoms with Crippen molar-refractivity contribution >= 4 is 23.6 Å². The second-order valence-corrected chi connectivity index (χ2v) is 6.26. The van der Waals surface area contributed by atoms with Crippen molar-refractivity contribution in [2.45, 2.75) is 6.42 Å². The molecular formula is C25H28N2O6. The van der Waals surface area contributed by atoms with Crippen LogP contribution in [0.5, 0.6) is 5.75 Å². The summed E-state index contributed by atoms with van der Waals surface area (Å²) in [5.74, 6) is -0.414. The summed E-state index contributed by atoms with van der Waals surface area (Å²) in [5.41, 5.74) is 12.1. The molecule has 0 saturated carbocycles. The average molecular weight is 453 g/mol. The summed E-state index contributed by atoms with van der Waals surface area (Å²) < 4.78 is 13.9. The summed E-state index contributed by atoms with van der Waals surface area (Å²) in [7, 11) is 2.70. The number of hydrogen-bond donors (Lipinski definition) is 2. The zero-order valence-corrected chi connectivity index (χ0v) is 18.6. The monoisotopic (exact) mass is 452 g/mol. The van der Waals surface area contributed by atoms with Gasteiger partial charge in [0, 0.05) is 12.2 Å². The molecule has 3 rings (SSSR count). The summed E-state index contributed by atoms with van der Waals surface area (Å²) in [6.07, 6.45) is 0.259. The van der Waals surface area contributed by atoms with Crippen LogP contribution in [0.1, 0.15) is 27.1 Å². The fourth-order valence-electron chi connectivity index (χ4n) is 2.27. The molecule has 174 valence electrons. The number of carbonyl (C=O) groups excluding carboxylic acids is 3. The fraction of sp³-hybridized carbons (Fsp3) is 0.160. The van der Waals surface area contributed by atoms with Crippen LogP contribution in [0, 0.1) is 0 Å². The molecular weight excluding hydrogens is 424 g/mol. The lowest BCUT2D eigenvalue weighted by Crippen LogP contribution is -2.13. The first kappa shape index (κ1) is 26.9. The Morgan fingerprint density at radius 2 is 1.24 bits per heavy atom. The van der Waals surface area contributed by atoms with Crippen molar-refractivity contribution in [3.05, 3.63) is 96.1 Å². The molecule has 0 radical (unpaired) electrons. The molecule has 0 heterocycles. The maximum absolute atomic E-state index is 10.9. The van der Waals surface area contributed by atoms with Gasteiger partial charge < -0.3 is 25.7 Å². The third-order valence-corrected chi connectivity index (χ3v) is 3.88. The Morgan fingerprint density at radius 1 is 0.727 bits per heavy atom. The van der Waals surface area contributed by atoms with E-state index in [0.29, 0.717) is 29.1 Å². The third kappa shape index (κ3) is 10.6. The largest absolute Gasteiger partial charge is 0.465 e. The van der Waals surface area contributed by atoms with E-state index < -0.39 is 5.97 Å². The summed E-state index contributed by atoms with van der Waals surface area (Å²) >= 11 is 0. The minimum Gasteiger partial charge on any atom is -0.465 e. The van der Waals surface area contributed by atoms with Crippen LogP contribution in [0.25, 0.3) is 0 Å². The molecule has 0 fully saturated rings. The van der Waals surface area contributed by atoms with Crippen molar-refractivity contribution in [1.82, 2.24) is 0 Å². The number of esters is 3. The molecule has 33 heavy (non-hydrogen) atoms. The Bertz CT molecular complexity index is 994. The van der Waals surface area contributed by atoms with Gasteiger partial charge in [-0.05, 0) is 36.4 Å². The van der Waals surface area contributed by atoms with Crippen molar-refractivity contribution in [3.63, 3.8) is 0 Å². The number of nitrogens with two attached hydrogens (primary N) is 2. The molecule has 0 saturated heterocycles. The van der Waals surface area contributed by atoms with Gasteiger partial charge in [0.2, 0.25) is 0 Å². The molecule has 0 amide bonds. The van der Waals surface area contributed by atoms with E-state index in [1.807, 2.05) is 24.3 Å². The zero-order chi connectivity index (χ0) is 24.5. The number of carbonyl (C=O) groups is 3. The Kier molecular flexibility index (Phi) is 12.7. The normalized spacial score (nSPS) is 9.18. The molecule has 0 atom stereocenters. The molecule has 3 aromatic rings. The number of para-hydroxylation sites is 2. The van der Waals surface area contributed by atoms with E-state index in [1.54, 1.807) is 60.7 Å². The molecule has 0 aliphatic rings. The second-order valence-electron chi connectivity index (χ2n) is 6.26. The van der Waals surface area contributed by atoms with Crippen molar-refractivity contribution in [3.8, 4) is 5.75 Å². The molecule has 0 aliphatic heterocycles. The Morgan fingerprint density at radius 3 is 1.76 bits per heavy atom. The van der Waals surface area contributed by atoms with Crippen LogP contribution in [-0.4, -0.2) is 38.7 Å². The summed E-state index contributed by atoms with van der Waals surface area (Å²) in [5, 5.41) is 0. The minimum absolute atomic E-state index is 0.259. The summed E-state index contributed by atoms with van der Waals surface area (Å²) in [6.45, 7) is 0.325. The van der Waals surface area contributed by atoms with Crippen molar-refractivity contribution < 1.29 is 28.6 Å². The van der Waals surface area contributed by atoms with Gasteiger partial charge in [-0.3, -0.25) is 4.79 Å². The second kappa shape index (κ2) is 15.6. The predicted octanol–water partition coefficient (Wildman–Crippen LogP) is 3.47. The van der Waals surface area contributed by atoms with Crippen LogP contribution < -0.4 is 16.2 Å². The van der Waals surface area contributed by atoms with E-state index in [1.165, 1.54) is 14.2 Å². The molecule has 0 unspecified atom stereocenters. The summed E-state index contributed by atoms with van der Waals surface area (Å²) in [6, 6.07) is 24.6. The van der Waals surface area contributed by atoms with E-state index >= 15 is 0 Å². The highest BCUT2D eigenvalue weighted by atomic mass is 16.5. The lowest BCUT2D eigenvalue weighted by molar-refractivity contribution is -0.134. The molecule has 0 bridgehead atoms. The van der Waals surface area contributed by atoms with Gasteiger partial charge in [0.15, 0.2) is 0 Å². The van der Waals surface area contributed by atoms with Crippen LogP contribution in [0.4, 0.5) is 5.69 Å². The number of ether oxygens (including phenoxy) is 3. The van der Waals surface area contributed by atoms with Gasteiger partial charge in [-0.2, -0.15) is 0 Å². The number of rotatable bonds is 5. The number of methoxy groups -OCH3 is 2. The van der Waals surface area contributed by atoms with Crippen molar-refractivity contribution in [2.24, 2.45) is 5.73 Å². The van der Waals surface area contributed by atoms with Gasteiger partial charge >= 0.3 is 17.9 Å². The van der Waals surface area contributed by atoms with Crippen LogP contribution in [0.15, 0.2) is 84.9 Å². The van der Waals surface area contributed by atoms with Gasteiger partial charge in [-0.1, -0.05) is 48.5 Å². The van der Waals surface area contributed by atoms with Crippen molar-refractivity contribution in [2.75, 3.05) is 26.5 Å². The predicted molar refractivity (Wildman–Crippen MR) is 126 cm³/mol. The van der Waals surface area contributed by atoms with Crippen LogP contribution in [0.3, 0.4) is 0 Å². The number of nitrogen functional groups attached to an aromatic ring is 1. The quantitative estimate of drug-likeness (QED) is 0.342. The number of hydrogen-bond acceptors (Lipinski definition) is 8. The molecule has 8 nitrogen and oxygen atoms in total. The Labute approximate surface area is 193 Å². The van der Waals surface area contributed by atoms with Gasteiger partial charge in [-0.15, -0.1) is 0 Å². The Balaban J connectivity index is 0.000000249. The zero-order valence-electron chi connectivity index (χ0n) is 18.6. The average Bonchev–Trinajstić information content (AvgIpc) is 2.85. The van der Waals surface area contributed by atoms with E-state index in [0.717, 1.165) is 0 Å². The number of anilines is 1. The standard InChI is InChI=1S/C9H11NO2.C8H9NO2.C8H8O2/c10-7-6-9(11)12-8-4-2-1-3-5-8;1-11-8(10)6-4-2-3-5-7(6)9;1-10-8(9)7-5-3-2-4-6-7/h1-5H,6-7,10H2;2-5H,9H2,1H3;2-6H,1H3. The molecule has 0 spiro atoms. The maximum Gasteiger partial charge on any atom is 0.339 e. The molecule has 0 aliphatic carbocycles. The van der Waals surface area contributed by atoms with Gasteiger partial charge in [0.25, 0.3) is 0 Å². The maximum atomic E-state index is 10.9. The molecule has 8 heteroatoms. The first-order chi connectivity index (χ1) is 15.9. The first-order valence-corrected chi connectivity index (χ1v) is 9.94. The third-order valence-electron chi connectivity index (χ3n) is 3.88. The van der Waals surface area contributed by atoms with Crippen LogP contribution in [-0.2, 0) is 14.3 Å². The molecule has 4 N–H and O–H groups in total. The van der Waals surface area contributed by atoms with Crippen molar-refractivity contribution in [1.29, 1.82) is 0 Å². The first-order valence-electron chi connectivity index (χ1n) is 9.94. The van der Waals surface area contributed by atoms with E-state index in [2.05, 4.69) is 9.47 Å². The SMILES string of the molecule is COC(=O)c1ccccc1.COC(=O)c1ccccc1N.NCCC(=O)Oc1ccccc1. The Hall–Kier alpha value is -4.17. The lowest BCUT2D eigenvalue weighted by Gasteiger charge is -2.01. The van der Waals surface area contributed by atoms with E-state index in [4.69, 9.17) is 16.2 Å². The summed E-state index contributed by atoms with van der Waals surface area (Å²) in [4.78, 5) is 32.6. The van der Waals surface area contributed by atoms with E-state index in [-0.39, 0.29) is 18.4 Å². The van der Waals surface area contributed by atoms with E-state index in [9.17, 15) is 14.4 Å². The topological polar surface area (TPSA) is 131 Å². The van der Waals surface area contributed by atoms with Crippen LogP contribution >= 0.6 is 0 Å². The molecule has 0 aromatic heterocycles. The smallest absolute Gasteiger partial charge is 0.339 e. The van der Waals surface area contributed by atoms with Crippen LogP contribution in [0.2, 0.25) is 0 Å². The molecule has 3 aromatic carbocycles. The highest BCUT2D eigenvalue weighted by Crippen LogP contribution is 2.11. The fourth-order valence-corrected chi connectivity index (χ4v) is 2.27. The lowest BCUT2D eigenvalue weighted by atomic mass is 10.2. The highest BCUT2D eigenvalue weighted by molar-refractivity contribution is 5.94. The van der Waals surface area contributed by atoms with Gasteiger partial charge in [0.05, 0.1) is 31.8 Å². The van der Waals surface area contributed by atoms with Gasteiger partial charge in [-0.25, -0.2) is 9.59 Å².